The Labute approximate surface area is 99.0 Å². The molecule has 0 unspecified atom stereocenters. The van der Waals surface area contributed by atoms with Crippen LogP contribution in [0, 0.1) is 0 Å². The van der Waals surface area contributed by atoms with Crippen molar-refractivity contribution in [2.45, 2.75) is 6.42 Å². The van der Waals surface area contributed by atoms with Crippen molar-refractivity contribution >= 4 is 6.08 Å². The standard InChI is InChI=1S/C14H22N2/c1-15-11-7-13-16(2)12-6-10-14-8-4-3-5-9-14/h3-6,8-10,15H,7,11-13H2,1-2H3. The first kappa shape index (κ1) is 12.9. The minimum Gasteiger partial charge on any atom is -0.320 e. The van der Waals surface area contributed by atoms with Gasteiger partial charge in [-0.25, -0.2) is 0 Å². The molecule has 0 saturated carbocycles. The van der Waals surface area contributed by atoms with Gasteiger partial charge in [0, 0.05) is 6.54 Å². The molecule has 1 aromatic carbocycles. The van der Waals surface area contributed by atoms with E-state index >= 15 is 0 Å². The molecule has 0 atom stereocenters. The highest BCUT2D eigenvalue weighted by Crippen LogP contribution is 2.00. The molecule has 0 aliphatic carbocycles. The Bertz CT molecular complexity index is 293. The van der Waals surface area contributed by atoms with Gasteiger partial charge in [0.1, 0.15) is 0 Å². The largest absolute Gasteiger partial charge is 0.320 e. The Kier molecular flexibility index (Phi) is 6.54. The van der Waals surface area contributed by atoms with Crippen LogP contribution >= 0.6 is 0 Å². The van der Waals surface area contributed by atoms with E-state index in [9.17, 15) is 0 Å². The number of likely N-dealkylation sites (N-methyl/N-ethyl adjacent to an activating group) is 1. The van der Waals surface area contributed by atoms with Gasteiger partial charge in [-0.3, -0.25) is 0 Å². The van der Waals surface area contributed by atoms with E-state index in [4.69, 9.17) is 0 Å². The molecular formula is C14H22N2. The normalized spacial score (nSPS) is 11.4. The number of rotatable bonds is 7. The molecule has 16 heavy (non-hydrogen) atoms. The van der Waals surface area contributed by atoms with Crippen LogP contribution in [0.25, 0.3) is 6.08 Å². The van der Waals surface area contributed by atoms with Crippen molar-refractivity contribution in [2.75, 3.05) is 33.7 Å². The molecule has 2 heteroatoms. The molecule has 0 fully saturated rings. The Hall–Kier alpha value is -1.12. The van der Waals surface area contributed by atoms with Gasteiger partial charge in [0.15, 0.2) is 0 Å². The summed E-state index contributed by atoms with van der Waals surface area (Å²) in [5.74, 6) is 0. The summed E-state index contributed by atoms with van der Waals surface area (Å²) in [6.45, 7) is 3.24. The zero-order chi connectivity index (χ0) is 11.6. The molecule has 0 spiro atoms. The van der Waals surface area contributed by atoms with E-state index in [0.29, 0.717) is 0 Å². The number of hydrogen-bond acceptors (Lipinski definition) is 2. The molecule has 88 valence electrons. The van der Waals surface area contributed by atoms with Crippen molar-refractivity contribution in [1.29, 1.82) is 0 Å². The smallest absolute Gasteiger partial charge is 0.0163 e. The molecule has 0 radical (unpaired) electrons. The molecule has 1 aromatic rings. The molecule has 0 aliphatic heterocycles. The summed E-state index contributed by atoms with van der Waals surface area (Å²) in [6, 6.07) is 10.4. The van der Waals surface area contributed by atoms with E-state index in [1.165, 1.54) is 12.0 Å². The van der Waals surface area contributed by atoms with Gasteiger partial charge in [-0.1, -0.05) is 42.5 Å². The van der Waals surface area contributed by atoms with Gasteiger partial charge in [-0.05, 0) is 39.2 Å². The number of benzene rings is 1. The first-order valence-corrected chi connectivity index (χ1v) is 5.87. The highest BCUT2D eigenvalue weighted by Gasteiger charge is 1.93. The molecule has 1 rings (SSSR count). The predicted molar refractivity (Wildman–Crippen MR) is 71.5 cm³/mol. The van der Waals surface area contributed by atoms with Crippen LogP contribution in [0.4, 0.5) is 0 Å². The molecule has 0 aromatic heterocycles. The van der Waals surface area contributed by atoms with Crippen LogP contribution in [0.1, 0.15) is 12.0 Å². The second kappa shape index (κ2) is 8.08. The third-order valence-corrected chi connectivity index (χ3v) is 2.49. The molecule has 0 bridgehead atoms. The lowest BCUT2D eigenvalue weighted by atomic mass is 10.2. The first-order chi connectivity index (χ1) is 7.83. The Morgan fingerprint density at radius 1 is 1.25 bits per heavy atom. The van der Waals surface area contributed by atoms with Crippen LogP contribution in [0.5, 0.6) is 0 Å². The number of nitrogens with zero attached hydrogens (tertiary/aromatic N) is 1. The quantitative estimate of drug-likeness (QED) is 0.706. The van der Waals surface area contributed by atoms with Crippen molar-refractivity contribution in [3.8, 4) is 0 Å². The van der Waals surface area contributed by atoms with Crippen LogP contribution in [0.2, 0.25) is 0 Å². The summed E-state index contributed by atoms with van der Waals surface area (Å²) < 4.78 is 0. The van der Waals surface area contributed by atoms with Gasteiger partial charge >= 0.3 is 0 Å². The van der Waals surface area contributed by atoms with Gasteiger partial charge in [0.25, 0.3) is 0 Å². The lowest BCUT2D eigenvalue weighted by molar-refractivity contribution is 0.363. The van der Waals surface area contributed by atoms with Crippen molar-refractivity contribution in [1.82, 2.24) is 10.2 Å². The maximum atomic E-state index is 3.16. The Morgan fingerprint density at radius 2 is 2.00 bits per heavy atom. The summed E-state index contributed by atoms with van der Waals surface area (Å²) >= 11 is 0. The minimum atomic E-state index is 1.01. The van der Waals surface area contributed by atoms with Crippen LogP contribution in [-0.4, -0.2) is 38.6 Å². The highest BCUT2D eigenvalue weighted by molar-refractivity contribution is 5.48. The second-order valence-electron chi connectivity index (χ2n) is 4.03. The van der Waals surface area contributed by atoms with Crippen molar-refractivity contribution < 1.29 is 0 Å². The zero-order valence-electron chi connectivity index (χ0n) is 10.3. The van der Waals surface area contributed by atoms with Gasteiger partial charge < -0.3 is 10.2 Å². The summed E-state index contributed by atoms with van der Waals surface area (Å²) in [6.07, 6.45) is 5.59. The van der Waals surface area contributed by atoms with Crippen LogP contribution in [0.15, 0.2) is 36.4 Å². The molecule has 0 heterocycles. The lowest BCUT2D eigenvalue weighted by Crippen LogP contribution is -2.22. The van der Waals surface area contributed by atoms with Gasteiger partial charge in [0.05, 0.1) is 0 Å². The fourth-order valence-corrected chi connectivity index (χ4v) is 1.55. The monoisotopic (exact) mass is 218 g/mol. The maximum absolute atomic E-state index is 3.16. The molecular weight excluding hydrogens is 196 g/mol. The van der Waals surface area contributed by atoms with Gasteiger partial charge in [-0.15, -0.1) is 0 Å². The van der Waals surface area contributed by atoms with Crippen molar-refractivity contribution in [2.24, 2.45) is 0 Å². The fourth-order valence-electron chi connectivity index (χ4n) is 1.55. The average Bonchev–Trinajstić information content (AvgIpc) is 2.31. The van der Waals surface area contributed by atoms with E-state index in [0.717, 1.165) is 19.6 Å². The predicted octanol–water partition coefficient (Wildman–Crippen LogP) is 2.24. The minimum absolute atomic E-state index is 1.01. The topological polar surface area (TPSA) is 15.3 Å². The van der Waals surface area contributed by atoms with E-state index in [2.05, 4.69) is 53.7 Å². The molecule has 0 saturated heterocycles. The van der Waals surface area contributed by atoms with E-state index in [1.54, 1.807) is 0 Å². The molecule has 2 nitrogen and oxygen atoms in total. The van der Waals surface area contributed by atoms with E-state index in [-0.39, 0.29) is 0 Å². The van der Waals surface area contributed by atoms with Crippen LogP contribution in [0.3, 0.4) is 0 Å². The van der Waals surface area contributed by atoms with Crippen LogP contribution < -0.4 is 5.32 Å². The third kappa shape index (κ3) is 5.69. The molecule has 0 aliphatic rings. The third-order valence-electron chi connectivity index (χ3n) is 2.49. The number of nitrogens with one attached hydrogen (secondary N) is 1. The van der Waals surface area contributed by atoms with Crippen molar-refractivity contribution in [3.63, 3.8) is 0 Å². The Morgan fingerprint density at radius 3 is 2.69 bits per heavy atom. The van der Waals surface area contributed by atoms with Gasteiger partial charge in [-0.2, -0.15) is 0 Å². The SMILES string of the molecule is CNCCCN(C)CC=Cc1ccccc1. The summed E-state index contributed by atoms with van der Waals surface area (Å²) in [7, 11) is 4.15. The second-order valence-corrected chi connectivity index (χ2v) is 4.03. The summed E-state index contributed by atoms with van der Waals surface area (Å²) in [4.78, 5) is 2.33. The van der Waals surface area contributed by atoms with Gasteiger partial charge in [0.2, 0.25) is 0 Å². The number of hydrogen-bond donors (Lipinski definition) is 1. The summed E-state index contributed by atoms with van der Waals surface area (Å²) in [5, 5.41) is 3.16. The maximum Gasteiger partial charge on any atom is 0.0163 e. The zero-order valence-corrected chi connectivity index (χ0v) is 10.3. The first-order valence-electron chi connectivity index (χ1n) is 5.87. The fraction of sp³-hybridized carbons (Fsp3) is 0.429. The van der Waals surface area contributed by atoms with Crippen LogP contribution in [-0.2, 0) is 0 Å². The average molecular weight is 218 g/mol. The van der Waals surface area contributed by atoms with E-state index < -0.39 is 0 Å². The van der Waals surface area contributed by atoms with E-state index in [1.807, 2.05) is 13.1 Å². The lowest BCUT2D eigenvalue weighted by Gasteiger charge is -2.13. The van der Waals surface area contributed by atoms with Crippen molar-refractivity contribution in [3.05, 3.63) is 42.0 Å². The molecule has 1 N–H and O–H groups in total. The summed E-state index contributed by atoms with van der Waals surface area (Å²) in [5.41, 5.74) is 1.27. The Balaban J connectivity index is 2.21. The molecule has 0 amide bonds. The highest BCUT2D eigenvalue weighted by atomic mass is 15.1.